The van der Waals surface area contributed by atoms with Crippen LogP contribution in [0.2, 0.25) is 0 Å². The van der Waals surface area contributed by atoms with Gasteiger partial charge in [-0.15, -0.1) is 0 Å². The lowest BCUT2D eigenvalue weighted by atomic mass is 10.1. The SMILES string of the molecule is NCCCCC(NC(=O)C1CCCN1C(=O)C(N)CCC(=O)O)C(=O)NC(CCC(=O)O)C(=O)O. The molecule has 14 heteroatoms. The lowest BCUT2D eigenvalue weighted by molar-refractivity contribution is -0.144. The second-order valence-electron chi connectivity index (χ2n) is 8.41. The number of rotatable bonds is 16. The van der Waals surface area contributed by atoms with E-state index < -0.39 is 66.2 Å². The molecular weight excluding hydrogens is 466 g/mol. The maximum absolute atomic E-state index is 13.0. The Bertz CT molecular complexity index is 791. The minimum atomic E-state index is -1.45. The number of hydrogen-bond acceptors (Lipinski definition) is 8. The third-order valence-corrected chi connectivity index (χ3v) is 5.67. The number of nitrogens with zero attached hydrogens (tertiary/aromatic N) is 1. The summed E-state index contributed by atoms with van der Waals surface area (Å²) in [4.78, 5) is 72.7. The normalized spacial score (nSPS) is 17.8. The third kappa shape index (κ3) is 10.3. The number of likely N-dealkylation sites (tertiary alicyclic amines) is 1. The zero-order valence-corrected chi connectivity index (χ0v) is 19.5. The summed E-state index contributed by atoms with van der Waals surface area (Å²) in [7, 11) is 0. The van der Waals surface area contributed by atoms with E-state index in [9.17, 15) is 33.9 Å². The average molecular weight is 502 g/mol. The van der Waals surface area contributed by atoms with E-state index in [2.05, 4.69) is 10.6 Å². The molecule has 0 bridgehead atoms. The molecule has 4 atom stereocenters. The second-order valence-corrected chi connectivity index (χ2v) is 8.41. The van der Waals surface area contributed by atoms with E-state index in [0.717, 1.165) is 0 Å². The molecule has 0 aliphatic carbocycles. The van der Waals surface area contributed by atoms with Gasteiger partial charge in [-0.05, 0) is 51.5 Å². The van der Waals surface area contributed by atoms with E-state index in [1.807, 2.05) is 0 Å². The highest BCUT2D eigenvalue weighted by molar-refractivity contribution is 5.94. The van der Waals surface area contributed by atoms with Crippen LogP contribution in [0.25, 0.3) is 0 Å². The van der Waals surface area contributed by atoms with Crippen LogP contribution in [0.1, 0.15) is 57.8 Å². The zero-order valence-electron chi connectivity index (χ0n) is 19.5. The quantitative estimate of drug-likeness (QED) is 0.116. The minimum absolute atomic E-state index is 0.0873. The van der Waals surface area contributed by atoms with Crippen LogP contribution in [0.15, 0.2) is 0 Å². The summed E-state index contributed by atoms with van der Waals surface area (Å²) in [6.07, 6.45) is 0.791. The van der Waals surface area contributed by atoms with Gasteiger partial charge < -0.3 is 42.3 Å². The predicted octanol–water partition coefficient (Wildman–Crippen LogP) is -1.78. The van der Waals surface area contributed by atoms with Crippen LogP contribution in [0.5, 0.6) is 0 Å². The first-order valence-electron chi connectivity index (χ1n) is 11.5. The Morgan fingerprint density at radius 3 is 2.09 bits per heavy atom. The molecule has 0 saturated carbocycles. The molecule has 1 saturated heterocycles. The summed E-state index contributed by atoms with van der Waals surface area (Å²) in [5.74, 6) is -5.69. The van der Waals surface area contributed by atoms with Crippen LogP contribution in [0.3, 0.4) is 0 Å². The molecule has 1 fully saturated rings. The fourth-order valence-electron chi connectivity index (χ4n) is 3.75. The molecule has 3 amide bonds. The summed E-state index contributed by atoms with van der Waals surface area (Å²) >= 11 is 0. The molecule has 1 aliphatic rings. The average Bonchev–Trinajstić information content (AvgIpc) is 3.28. The molecule has 0 aromatic heterocycles. The van der Waals surface area contributed by atoms with Crippen molar-refractivity contribution in [2.45, 2.75) is 82.0 Å². The highest BCUT2D eigenvalue weighted by Crippen LogP contribution is 2.20. The largest absolute Gasteiger partial charge is 0.481 e. The molecular formula is C21H35N5O9. The number of hydrogen-bond donors (Lipinski definition) is 7. The van der Waals surface area contributed by atoms with Gasteiger partial charge in [-0.1, -0.05) is 0 Å². The first-order chi connectivity index (χ1) is 16.5. The van der Waals surface area contributed by atoms with Crippen molar-refractivity contribution in [3.05, 3.63) is 0 Å². The molecule has 9 N–H and O–H groups in total. The Labute approximate surface area is 202 Å². The van der Waals surface area contributed by atoms with Crippen molar-refractivity contribution >= 4 is 35.6 Å². The van der Waals surface area contributed by atoms with Crippen molar-refractivity contribution in [1.29, 1.82) is 0 Å². The lowest BCUT2D eigenvalue weighted by Gasteiger charge is -2.28. The molecule has 0 aromatic carbocycles. The maximum Gasteiger partial charge on any atom is 0.326 e. The highest BCUT2D eigenvalue weighted by atomic mass is 16.4. The summed E-state index contributed by atoms with van der Waals surface area (Å²) in [6, 6.07) is -4.58. The van der Waals surface area contributed by atoms with E-state index in [-0.39, 0.29) is 32.2 Å². The number of carbonyl (C=O) groups excluding carboxylic acids is 3. The Morgan fingerprint density at radius 1 is 0.886 bits per heavy atom. The number of aliphatic carboxylic acids is 3. The summed E-state index contributed by atoms with van der Waals surface area (Å²) in [5.41, 5.74) is 11.3. The predicted molar refractivity (Wildman–Crippen MR) is 121 cm³/mol. The van der Waals surface area contributed by atoms with Gasteiger partial charge in [0.25, 0.3) is 0 Å². The van der Waals surface area contributed by atoms with Gasteiger partial charge in [-0.2, -0.15) is 0 Å². The molecule has 0 aromatic rings. The van der Waals surface area contributed by atoms with Crippen molar-refractivity contribution in [1.82, 2.24) is 15.5 Å². The molecule has 14 nitrogen and oxygen atoms in total. The smallest absolute Gasteiger partial charge is 0.326 e. The molecule has 1 rings (SSSR count). The first kappa shape index (κ1) is 29.8. The van der Waals surface area contributed by atoms with Crippen molar-refractivity contribution in [2.75, 3.05) is 13.1 Å². The van der Waals surface area contributed by atoms with Crippen LogP contribution < -0.4 is 22.1 Å². The lowest BCUT2D eigenvalue weighted by Crippen LogP contribution is -2.56. The second kappa shape index (κ2) is 14.9. The van der Waals surface area contributed by atoms with Crippen molar-refractivity contribution in [3.63, 3.8) is 0 Å². The molecule has 0 radical (unpaired) electrons. The fraction of sp³-hybridized carbons (Fsp3) is 0.714. The Kier molecular flexibility index (Phi) is 12.7. The highest BCUT2D eigenvalue weighted by Gasteiger charge is 2.38. The third-order valence-electron chi connectivity index (χ3n) is 5.67. The van der Waals surface area contributed by atoms with E-state index in [1.54, 1.807) is 0 Å². The monoisotopic (exact) mass is 501 g/mol. The number of amides is 3. The van der Waals surface area contributed by atoms with Gasteiger partial charge in [0, 0.05) is 19.4 Å². The molecule has 0 spiro atoms. The number of unbranched alkanes of at least 4 members (excludes halogenated alkanes) is 1. The molecule has 198 valence electrons. The number of nitrogens with two attached hydrogens (primary N) is 2. The van der Waals surface area contributed by atoms with Crippen molar-refractivity contribution in [3.8, 4) is 0 Å². The van der Waals surface area contributed by atoms with Gasteiger partial charge in [0.2, 0.25) is 17.7 Å². The standard InChI is InChI=1S/C21H35N5O9/c22-10-2-1-4-13(18(31)25-14(21(34)35)7-9-17(29)30)24-19(32)15-5-3-11-26(15)20(33)12(23)6-8-16(27)28/h12-15H,1-11,22-23H2,(H,24,32)(H,25,31)(H,27,28)(H,29,30)(H,34,35). The van der Waals surface area contributed by atoms with Crippen LogP contribution in [-0.4, -0.2) is 93.1 Å². The topological polar surface area (TPSA) is 242 Å². The first-order valence-corrected chi connectivity index (χ1v) is 11.5. The zero-order chi connectivity index (χ0) is 26.5. The molecule has 1 aliphatic heterocycles. The van der Waals surface area contributed by atoms with Gasteiger partial charge in [-0.3, -0.25) is 24.0 Å². The Morgan fingerprint density at radius 2 is 1.51 bits per heavy atom. The molecule has 35 heavy (non-hydrogen) atoms. The van der Waals surface area contributed by atoms with E-state index in [0.29, 0.717) is 32.2 Å². The van der Waals surface area contributed by atoms with Crippen LogP contribution in [-0.2, 0) is 28.8 Å². The minimum Gasteiger partial charge on any atom is -0.481 e. The fourth-order valence-corrected chi connectivity index (χ4v) is 3.75. The van der Waals surface area contributed by atoms with Gasteiger partial charge in [-0.25, -0.2) is 4.79 Å². The number of carboxylic acid groups (broad SMARTS) is 3. The van der Waals surface area contributed by atoms with E-state index in [4.69, 9.17) is 21.7 Å². The Hall–Kier alpha value is -3.26. The van der Waals surface area contributed by atoms with E-state index >= 15 is 0 Å². The number of carboxylic acids is 3. The van der Waals surface area contributed by atoms with Crippen LogP contribution >= 0.6 is 0 Å². The van der Waals surface area contributed by atoms with Crippen molar-refractivity contribution < 1.29 is 44.1 Å². The molecule has 1 heterocycles. The summed E-state index contributed by atoms with van der Waals surface area (Å²) < 4.78 is 0. The van der Waals surface area contributed by atoms with Crippen molar-refractivity contribution in [2.24, 2.45) is 11.5 Å². The molecule has 4 unspecified atom stereocenters. The van der Waals surface area contributed by atoms with Gasteiger partial charge in [0.15, 0.2) is 0 Å². The van der Waals surface area contributed by atoms with Gasteiger partial charge >= 0.3 is 17.9 Å². The number of carbonyl (C=O) groups is 6. The maximum atomic E-state index is 13.0. The summed E-state index contributed by atoms with van der Waals surface area (Å²) in [5, 5.41) is 31.7. The van der Waals surface area contributed by atoms with E-state index in [1.165, 1.54) is 4.90 Å². The van der Waals surface area contributed by atoms with Crippen LogP contribution in [0, 0.1) is 0 Å². The van der Waals surface area contributed by atoms with Gasteiger partial charge in [0.05, 0.1) is 6.04 Å². The van der Waals surface area contributed by atoms with Crippen LogP contribution in [0.4, 0.5) is 0 Å². The Balaban J connectivity index is 2.89. The van der Waals surface area contributed by atoms with Gasteiger partial charge in [0.1, 0.15) is 18.1 Å². The summed E-state index contributed by atoms with van der Waals surface area (Å²) in [6.45, 7) is 0.593. The number of nitrogens with one attached hydrogen (secondary N) is 2.